The molecule has 2 atom stereocenters. The van der Waals surface area contributed by atoms with Crippen LogP contribution in [0.15, 0.2) is 53.5 Å². The maximum absolute atomic E-state index is 13.8. The first kappa shape index (κ1) is 31.3. The summed E-state index contributed by atoms with van der Waals surface area (Å²) < 4.78 is 5.26. The molecule has 10 nitrogen and oxygen atoms in total. The summed E-state index contributed by atoms with van der Waals surface area (Å²) >= 11 is 0. The Kier molecular flexibility index (Phi) is 11.6. The van der Waals surface area contributed by atoms with Gasteiger partial charge in [-0.15, -0.1) is 0 Å². The van der Waals surface area contributed by atoms with Gasteiger partial charge >= 0.3 is 0 Å². The number of piperazine rings is 1. The number of nitrogens with zero attached hydrogens (tertiary/aromatic N) is 3. The quantitative estimate of drug-likeness (QED) is 0.224. The lowest BCUT2D eigenvalue weighted by Gasteiger charge is -2.37. The summed E-state index contributed by atoms with van der Waals surface area (Å²) in [5.41, 5.74) is 20.0. The molecule has 1 heterocycles. The summed E-state index contributed by atoms with van der Waals surface area (Å²) in [6.07, 6.45) is 8.12. The van der Waals surface area contributed by atoms with E-state index in [0.717, 1.165) is 37.4 Å². The Morgan fingerprint density at radius 2 is 1.60 bits per heavy atom. The van der Waals surface area contributed by atoms with Crippen molar-refractivity contribution in [3.8, 4) is 5.75 Å². The van der Waals surface area contributed by atoms with Crippen LogP contribution in [0.5, 0.6) is 5.75 Å². The fourth-order valence-electron chi connectivity index (χ4n) is 5.95. The van der Waals surface area contributed by atoms with Crippen LogP contribution in [0.25, 0.3) is 0 Å². The molecule has 7 N–H and O–H groups in total. The second-order valence-corrected chi connectivity index (χ2v) is 11.6. The smallest absolute Gasteiger partial charge is 0.245 e. The molecule has 2 aromatic rings. The number of methoxy groups -OCH3 is 1. The Bertz CT molecular complexity index is 1170. The molecule has 0 unspecified atom stereocenters. The first-order valence-electron chi connectivity index (χ1n) is 15.2. The van der Waals surface area contributed by atoms with Gasteiger partial charge in [0.05, 0.1) is 18.8 Å². The molecule has 2 amide bonds. The van der Waals surface area contributed by atoms with Gasteiger partial charge in [-0.1, -0.05) is 56.4 Å². The molecule has 2 fully saturated rings. The maximum Gasteiger partial charge on any atom is 0.245 e. The van der Waals surface area contributed by atoms with Crippen molar-refractivity contribution in [2.24, 2.45) is 28.1 Å². The minimum absolute atomic E-state index is 0.00274. The molecule has 1 aliphatic carbocycles. The number of aliphatic imine (C=N–C) groups is 1. The molecule has 2 aromatic carbocycles. The number of ether oxygens (including phenoxy) is 1. The topological polar surface area (TPSA) is 152 Å². The largest absolute Gasteiger partial charge is 0.497 e. The molecular weight excluding hydrogens is 530 g/mol. The van der Waals surface area contributed by atoms with Gasteiger partial charge in [-0.2, -0.15) is 0 Å². The maximum atomic E-state index is 13.8. The lowest BCUT2D eigenvalue weighted by molar-refractivity contribution is -0.138. The number of amides is 2. The highest BCUT2D eigenvalue weighted by atomic mass is 16.5. The van der Waals surface area contributed by atoms with Crippen LogP contribution in [-0.4, -0.2) is 72.9 Å². The van der Waals surface area contributed by atoms with Gasteiger partial charge in [-0.3, -0.25) is 14.5 Å². The molecular formula is C32H47N7O3. The minimum Gasteiger partial charge on any atom is -0.497 e. The minimum atomic E-state index is -0.773. The van der Waals surface area contributed by atoms with E-state index in [1.807, 2.05) is 29.2 Å². The zero-order valence-electron chi connectivity index (χ0n) is 24.8. The van der Waals surface area contributed by atoms with Crippen LogP contribution >= 0.6 is 0 Å². The molecule has 1 aliphatic heterocycles. The summed E-state index contributed by atoms with van der Waals surface area (Å²) in [6.45, 7) is 3.68. The first-order chi connectivity index (χ1) is 20.3. The highest BCUT2D eigenvalue weighted by Crippen LogP contribution is 2.28. The van der Waals surface area contributed by atoms with Crippen LogP contribution in [0.2, 0.25) is 0 Å². The summed E-state index contributed by atoms with van der Waals surface area (Å²) in [4.78, 5) is 35.3. The molecule has 42 heavy (non-hydrogen) atoms. The summed E-state index contributed by atoms with van der Waals surface area (Å²) in [6, 6.07) is 14.0. The van der Waals surface area contributed by atoms with Gasteiger partial charge in [0.1, 0.15) is 11.8 Å². The van der Waals surface area contributed by atoms with E-state index < -0.39 is 12.1 Å². The van der Waals surface area contributed by atoms with Crippen molar-refractivity contribution in [2.45, 2.75) is 70.0 Å². The number of carbonyl (C=O) groups is 2. The predicted octanol–water partition coefficient (Wildman–Crippen LogP) is 2.66. The average molecular weight is 578 g/mol. The normalized spacial score (nSPS) is 17.7. The summed E-state index contributed by atoms with van der Waals surface area (Å²) in [7, 11) is 1.67. The van der Waals surface area contributed by atoms with Gasteiger partial charge in [-0.05, 0) is 60.6 Å². The molecule has 0 radical (unpaired) electrons. The number of benzene rings is 2. The van der Waals surface area contributed by atoms with Crippen LogP contribution < -0.4 is 27.3 Å². The highest BCUT2D eigenvalue weighted by molar-refractivity contribution is 5.90. The molecule has 0 spiro atoms. The van der Waals surface area contributed by atoms with Crippen molar-refractivity contribution in [3.63, 3.8) is 0 Å². The molecule has 4 rings (SSSR count). The van der Waals surface area contributed by atoms with Crippen LogP contribution in [-0.2, 0) is 22.6 Å². The van der Waals surface area contributed by atoms with Crippen LogP contribution in [0.4, 0.5) is 5.69 Å². The number of rotatable bonds is 12. The predicted molar refractivity (Wildman–Crippen MR) is 166 cm³/mol. The van der Waals surface area contributed by atoms with Crippen molar-refractivity contribution in [2.75, 3.05) is 33.3 Å². The van der Waals surface area contributed by atoms with Gasteiger partial charge in [0, 0.05) is 32.7 Å². The van der Waals surface area contributed by atoms with E-state index in [1.165, 1.54) is 37.7 Å². The van der Waals surface area contributed by atoms with Crippen molar-refractivity contribution in [3.05, 3.63) is 59.7 Å². The van der Waals surface area contributed by atoms with Gasteiger partial charge in [0.2, 0.25) is 11.8 Å². The van der Waals surface area contributed by atoms with E-state index in [2.05, 4.69) is 27.3 Å². The highest BCUT2D eigenvalue weighted by Gasteiger charge is 2.30. The third-order valence-corrected chi connectivity index (χ3v) is 8.44. The van der Waals surface area contributed by atoms with Gasteiger partial charge in [0.25, 0.3) is 0 Å². The monoisotopic (exact) mass is 577 g/mol. The number of nitrogens with one attached hydrogen (secondary N) is 1. The van der Waals surface area contributed by atoms with Gasteiger partial charge in [0.15, 0.2) is 5.96 Å². The van der Waals surface area contributed by atoms with E-state index in [0.29, 0.717) is 37.5 Å². The Balaban J connectivity index is 1.33. The number of hydrogen-bond donors (Lipinski definition) is 4. The van der Waals surface area contributed by atoms with Crippen molar-refractivity contribution < 1.29 is 14.3 Å². The van der Waals surface area contributed by atoms with Crippen LogP contribution in [0.1, 0.15) is 56.1 Å². The number of guanidine groups is 1. The number of carbonyl (C=O) groups excluding carboxylic acids is 2. The zero-order chi connectivity index (χ0) is 29.9. The van der Waals surface area contributed by atoms with E-state index in [-0.39, 0.29) is 17.8 Å². The molecule has 0 aromatic heterocycles. The van der Waals surface area contributed by atoms with E-state index >= 15 is 0 Å². The summed E-state index contributed by atoms with van der Waals surface area (Å²) in [5, 5.41) is 3.04. The third kappa shape index (κ3) is 9.46. The SMILES string of the molecule is COc1ccc(CN2CCN(C(=O)[C@H](CCC3CCCCC3)NC(=O)[C@@H](N)Cc3ccc(N=C(N)N)cc3)CC2)cc1. The van der Waals surface area contributed by atoms with Crippen molar-refractivity contribution >= 4 is 23.5 Å². The third-order valence-electron chi connectivity index (χ3n) is 8.44. The Hall–Kier alpha value is -3.63. The molecule has 2 aliphatic rings. The Labute approximate surface area is 249 Å². The first-order valence-corrected chi connectivity index (χ1v) is 15.2. The van der Waals surface area contributed by atoms with Crippen molar-refractivity contribution in [1.29, 1.82) is 0 Å². The lowest BCUT2D eigenvalue weighted by atomic mass is 9.85. The average Bonchev–Trinajstić information content (AvgIpc) is 3.00. The second kappa shape index (κ2) is 15.6. The number of hydrogen-bond acceptors (Lipinski definition) is 6. The Morgan fingerprint density at radius 3 is 2.21 bits per heavy atom. The van der Waals surface area contributed by atoms with Crippen molar-refractivity contribution in [1.82, 2.24) is 15.1 Å². The Morgan fingerprint density at radius 1 is 0.952 bits per heavy atom. The van der Waals surface area contributed by atoms with E-state index in [9.17, 15) is 9.59 Å². The fraction of sp³-hybridized carbons (Fsp3) is 0.531. The fourth-order valence-corrected chi connectivity index (χ4v) is 5.95. The standard InChI is InChI=1S/C32H47N7O3/c1-42-27-14-9-25(10-15-27)22-38-17-19-39(20-18-38)31(41)29(16-11-23-5-3-2-4-6-23)37-30(40)28(33)21-24-7-12-26(13-8-24)36-32(34)35/h7-10,12-15,23,28-29H,2-6,11,16-22,33H2,1H3,(H,37,40)(H4,34,35,36)/t28-,29-/m0/s1. The summed E-state index contributed by atoms with van der Waals surface area (Å²) in [5.74, 6) is 1.14. The molecule has 228 valence electrons. The zero-order valence-corrected chi connectivity index (χ0v) is 24.8. The van der Waals surface area contributed by atoms with Gasteiger partial charge in [-0.25, -0.2) is 4.99 Å². The van der Waals surface area contributed by atoms with E-state index in [4.69, 9.17) is 21.9 Å². The molecule has 1 saturated heterocycles. The van der Waals surface area contributed by atoms with Crippen LogP contribution in [0.3, 0.4) is 0 Å². The van der Waals surface area contributed by atoms with Crippen LogP contribution in [0, 0.1) is 5.92 Å². The second-order valence-electron chi connectivity index (χ2n) is 11.6. The van der Waals surface area contributed by atoms with E-state index in [1.54, 1.807) is 19.2 Å². The number of nitrogens with two attached hydrogens (primary N) is 3. The molecule has 0 bridgehead atoms. The van der Waals surface area contributed by atoms with Gasteiger partial charge < -0.3 is 32.2 Å². The molecule has 10 heteroatoms. The lowest BCUT2D eigenvalue weighted by Crippen LogP contribution is -2.56. The molecule has 1 saturated carbocycles.